The zero-order valence-corrected chi connectivity index (χ0v) is 13.4. The molecule has 22 heavy (non-hydrogen) atoms. The van der Waals surface area contributed by atoms with E-state index in [0.29, 0.717) is 0 Å². The summed E-state index contributed by atoms with van der Waals surface area (Å²) in [4.78, 5) is 5.45. The molecule has 3 rings (SSSR count). The maximum absolute atomic E-state index is 13.0. The zero-order chi connectivity index (χ0) is 15.5. The molecular formula is C18H19FN2S. The van der Waals surface area contributed by atoms with Gasteiger partial charge in [-0.25, -0.2) is 4.39 Å². The Kier molecular flexibility index (Phi) is 4.39. The standard InChI is InChI=1S/C18H19FN2S/c1-14-3-2-4-15(13-14)18(22)21-11-9-20(10-12-21)17-7-5-16(19)6-8-17/h2-8,13H,9-12H2,1H3. The summed E-state index contributed by atoms with van der Waals surface area (Å²) in [5.41, 5.74) is 3.41. The molecule has 0 bridgehead atoms. The molecular weight excluding hydrogens is 295 g/mol. The highest BCUT2D eigenvalue weighted by atomic mass is 32.1. The Labute approximate surface area is 136 Å². The second-order valence-electron chi connectivity index (χ2n) is 5.63. The van der Waals surface area contributed by atoms with Crippen molar-refractivity contribution in [1.29, 1.82) is 0 Å². The number of thiocarbonyl (C=S) groups is 1. The fourth-order valence-electron chi connectivity index (χ4n) is 2.78. The minimum absolute atomic E-state index is 0.192. The highest BCUT2D eigenvalue weighted by Crippen LogP contribution is 2.18. The molecule has 0 spiro atoms. The first-order chi connectivity index (χ1) is 10.6. The van der Waals surface area contributed by atoms with Crippen molar-refractivity contribution in [1.82, 2.24) is 4.90 Å². The van der Waals surface area contributed by atoms with Crippen LogP contribution in [0.4, 0.5) is 10.1 Å². The van der Waals surface area contributed by atoms with E-state index in [9.17, 15) is 4.39 Å². The van der Waals surface area contributed by atoms with E-state index < -0.39 is 0 Å². The third-order valence-corrected chi connectivity index (χ3v) is 4.52. The van der Waals surface area contributed by atoms with E-state index in [1.54, 1.807) is 0 Å². The molecule has 2 aromatic rings. The number of nitrogens with zero attached hydrogens (tertiary/aromatic N) is 2. The van der Waals surface area contributed by atoms with Gasteiger partial charge in [-0.3, -0.25) is 0 Å². The molecule has 0 unspecified atom stereocenters. The lowest BCUT2D eigenvalue weighted by Gasteiger charge is -2.37. The molecule has 1 saturated heterocycles. The molecule has 4 heteroatoms. The van der Waals surface area contributed by atoms with Crippen LogP contribution in [0.1, 0.15) is 11.1 Å². The first-order valence-corrected chi connectivity index (χ1v) is 7.91. The van der Waals surface area contributed by atoms with Crippen molar-refractivity contribution >= 4 is 22.9 Å². The monoisotopic (exact) mass is 314 g/mol. The van der Waals surface area contributed by atoms with E-state index in [4.69, 9.17) is 12.2 Å². The fourth-order valence-corrected chi connectivity index (χ4v) is 3.09. The number of benzene rings is 2. The van der Waals surface area contributed by atoms with Crippen LogP contribution in [0.15, 0.2) is 48.5 Å². The van der Waals surface area contributed by atoms with Crippen LogP contribution in [-0.4, -0.2) is 36.1 Å². The van der Waals surface area contributed by atoms with Gasteiger partial charge in [0.2, 0.25) is 0 Å². The van der Waals surface area contributed by atoms with Gasteiger partial charge in [-0.15, -0.1) is 0 Å². The number of rotatable bonds is 2. The smallest absolute Gasteiger partial charge is 0.123 e. The molecule has 0 aromatic heterocycles. The van der Waals surface area contributed by atoms with Crippen molar-refractivity contribution in [2.24, 2.45) is 0 Å². The van der Waals surface area contributed by atoms with Gasteiger partial charge in [0.05, 0.1) is 0 Å². The van der Waals surface area contributed by atoms with Gasteiger partial charge in [0.25, 0.3) is 0 Å². The van der Waals surface area contributed by atoms with E-state index in [2.05, 4.69) is 34.9 Å². The number of aryl methyl sites for hydroxylation is 1. The summed E-state index contributed by atoms with van der Waals surface area (Å²) in [5, 5.41) is 0. The Morgan fingerprint density at radius 1 is 1.00 bits per heavy atom. The van der Waals surface area contributed by atoms with Gasteiger partial charge in [-0.1, -0.05) is 36.0 Å². The van der Waals surface area contributed by atoms with Gasteiger partial charge in [-0.2, -0.15) is 0 Å². The summed E-state index contributed by atoms with van der Waals surface area (Å²) in [6.45, 7) is 5.67. The maximum atomic E-state index is 13.0. The number of hydrogen-bond acceptors (Lipinski definition) is 2. The highest BCUT2D eigenvalue weighted by molar-refractivity contribution is 7.80. The van der Waals surface area contributed by atoms with Crippen LogP contribution in [-0.2, 0) is 0 Å². The minimum Gasteiger partial charge on any atom is -0.368 e. The van der Waals surface area contributed by atoms with E-state index >= 15 is 0 Å². The summed E-state index contributed by atoms with van der Waals surface area (Å²) < 4.78 is 13.0. The molecule has 0 aliphatic carbocycles. The summed E-state index contributed by atoms with van der Waals surface area (Å²) in [5.74, 6) is -0.192. The number of piperazine rings is 1. The predicted molar refractivity (Wildman–Crippen MR) is 93.1 cm³/mol. The molecule has 1 aliphatic rings. The normalized spacial score (nSPS) is 15.0. The van der Waals surface area contributed by atoms with Gasteiger partial charge >= 0.3 is 0 Å². The minimum atomic E-state index is -0.192. The van der Waals surface area contributed by atoms with Crippen LogP contribution >= 0.6 is 12.2 Å². The Morgan fingerprint density at radius 3 is 2.32 bits per heavy atom. The summed E-state index contributed by atoms with van der Waals surface area (Å²) >= 11 is 5.63. The summed E-state index contributed by atoms with van der Waals surface area (Å²) in [7, 11) is 0. The highest BCUT2D eigenvalue weighted by Gasteiger charge is 2.20. The van der Waals surface area contributed by atoms with E-state index in [0.717, 1.165) is 42.4 Å². The van der Waals surface area contributed by atoms with Crippen LogP contribution in [0.25, 0.3) is 0 Å². The third kappa shape index (κ3) is 3.28. The summed E-state index contributed by atoms with van der Waals surface area (Å²) in [6, 6.07) is 15.0. The van der Waals surface area contributed by atoms with Crippen molar-refractivity contribution in [3.05, 3.63) is 65.5 Å². The molecule has 0 saturated carbocycles. The molecule has 0 N–H and O–H groups in total. The van der Waals surface area contributed by atoms with Gasteiger partial charge in [0, 0.05) is 37.4 Å². The Balaban J connectivity index is 1.64. The van der Waals surface area contributed by atoms with Gasteiger partial charge in [0.15, 0.2) is 0 Å². The zero-order valence-electron chi connectivity index (χ0n) is 12.6. The van der Waals surface area contributed by atoms with Crippen LogP contribution in [0.2, 0.25) is 0 Å². The number of hydrogen-bond donors (Lipinski definition) is 0. The average Bonchev–Trinajstić information content (AvgIpc) is 2.55. The van der Waals surface area contributed by atoms with Crippen LogP contribution in [0, 0.1) is 12.7 Å². The molecule has 0 atom stereocenters. The molecule has 2 nitrogen and oxygen atoms in total. The molecule has 0 radical (unpaired) electrons. The lowest BCUT2D eigenvalue weighted by Crippen LogP contribution is -2.48. The van der Waals surface area contributed by atoms with E-state index in [1.807, 2.05) is 18.2 Å². The largest absolute Gasteiger partial charge is 0.368 e. The third-order valence-electron chi connectivity index (χ3n) is 4.02. The van der Waals surface area contributed by atoms with E-state index in [1.165, 1.54) is 17.7 Å². The molecule has 2 aromatic carbocycles. The molecule has 114 valence electrons. The van der Waals surface area contributed by atoms with Gasteiger partial charge in [0.1, 0.15) is 10.8 Å². The molecule has 1 heterocycles. The number of halogens is 1. The average molecular weight is 314 g/mol. The quantitative estimate of drug-likeness (QED) is 0.782. The molecule has 1 aliphatic heterocycles. The Hall–Kier alpha value is -1.94. The topological polar surface area (TPSA) is 6.48 Å². The lowest BCUT2D eigenvalue weighted by molar-refractivity contribution is 0.392. The van der Waals surface area contributed by atoms with Crippen molar-refractivity contribution < 1.29 is 4.39 Å². The Morgan fingerprint density at radius 2 is 1.68 bits per heavy atom. The first-order valence-electron chi connectivity index (χ1n) is 7.50. The van der Waals surface area contributed by atoms with Crippen molar-refractivity contribution in [2.45, 2.75) is 6.92 Å². The second kappa shape index (κ2) is 6.44. The lowest BCUT2D eigenvalue weighted by atomic mass is 10.1. The predicted octanol–water partition coefficient (Wildman–Crippen LogP) is 3.63. The van der Waals surface area contributed by atoms with Crippen molar-refractivity contribution in [3.8, 4) is 0 Å². The van der Waals surface area contributed by atoms with Crippen molar-refractivity contribution in [3.63, 3.8) is 0 Å². The fraction of sp³-hybridized carbons (Fsp3) is 0.278. The van der Waals surface area contributed by atoms with Crippen LogP contribution in [0.5, 0.6) is 0 Å². The second-order valence-corrected chi connectivity index (χ2v) is 6.01. The maximum Gasteiger partial charge on any atom is 0.123 e. The van der Waals surface area contributed by atoms with Crippen LogP contribution < -0.4 is 4.90 Å². The number of anilines is 1. The molecule has 0 amide bonds. The first kappa shape index (κ1) is 15.0. The van der Waals surface area contributed by atoms with Crippen LogP contribution in [0.3, 0.4) is 0 Å². The van der Waals surface area contributed by atoms with Gasteiger partial charge in [-0.05, 0) is 37.3 Å². The van der Waals surface area contributed by atoms with E-state index in [-0.39, 0.29) is 5.82 Å². The SMILES string of the molecule is Cc1cccc(C(=S)N2CCN(c3ccc(F)cc3)CC2)c1. The van der Waals surface area contributed by atoms with Crippen molar-refractivity contribution in [2.75, 3.05) is 31.1 Å². The van der Waals surface area contributed by atoms with Gasteiger partial charge < -0.3 is 9.80 Å². The summed E-state index contributed by atoms with van der Waals surface area (Å²) in [6.07, 6.45) is 0. The Bertz CT molecular complexity index is 661. The molecule has 1 fully saturated rings.